The van der Waals surface area contributed by atoms with Crippen molar-refractivity contribution in [3.8, 4) is 12.1 Å². The Hall–Kier alpha value is -3.28. The monoisotopic (exact) mass is 416 g/mol. The Kier molecular flexibility index (Phi) is 10.1. The Bertz CT molecular complexity index is 982. The van der Waals surface area contributed by atoms with Crippen molar-refractivity contribution in [2.45, 2.75) is 39.5 Å². The Morgan fingerprint density at radius 1 is 0.871 bits per heavy atom. The smallest absolute Gasteiger partial charge is 0.136 e. The molecule has 0 radical (unpaired) electrons. The van der Waals surface area contributed by atoms with Crippen LogP contribution in [0, 0.1) is 22.7 Å². The standard InChI is InChI=1S/C26H32N4O/c1-3-5-16-30(17-6-4-2)25-13-11-23(12-14-25)26(29-15-18-31)22-9-7-21(8-10-22)24(19-27)20-28/h7-14,29,31H,3-6,15-18H2,1-2H3. The summed E-state index contributed by atoms with van der Waals surface area (Å²) in [5.74, 6) is 0. The predicted octanol–water partition coefficient (Wildman–Crippen LogP) is 3.03. The number of unbranched alkanes of at least 4 members (excludes halogenated alkanes) is 2. The van der Waals surface area contributed by atoms with Crippen molar-refractivity contribution in [3.63, 3.8) is 0 Å². The molecular formula is C26H32N4O. The summed E-state index contributed by atoms with van der Waals surface area (Å²) < 4.78 is 0. The molecule has 0 atom stereocenters. The number of hydrogen-bond donors (Lipinski definition) is 2. The Labute approximate surface area is 185 Å². The van der Waals surface area contributed by atoms with E-state index in [1.807, 2.05) is 24.3 Å². The number of aliphatic hydroxyl groups is 1. The van der Waals surface area contributed by atoms with Crippen molar-refractivity contribution in [2.24, 2.45) is 0 Å². The lowest BCUT2D eigenvalue weighted by Crippen LogP contribution is -2.26. The lowest BCUT2D eigenvalue weighted by molar-refractivity contribution is 0.299. The molecule has 0 saturated carbocycles. The molecule has 5 nitrogen and oxygen atoms in total. The number of nitriles is 2. The highest BCUT2D eigenvalue weighted by Gasteiger charge is 2.08. The Morgan fingerprint density at radius 3 is 1.90 bits per heavy atom. The van der Waals surface area contributed by atoms with E-state index in [1.165, 1.54) is 31.4 Å². The first-order valence-electron chi connectivity index (χ1n) is 11.0. The van der Waals surface area contributed by atoms with E-state index in [2.05, 4.69) is 48.3 Å². The second-order valence-electron chi connectivity index (χ2n) is 7.44. The van der Waals surface area contributed by atoms with Crippen molar-refractivity contribution in [2.75, 3.05) is 31.1 Å². The SMILES string of the molecule is CCCCN(CCCC)c1ccc(C(NCCO)=c2ccc(=C(C#N)C#N)cc2)cc1. The minimum absolute atomic E-state index is 0.0300. The first kappa shape index (κ1) is 24.0. The Balaban J connectivity index is 2.43. The first-order valence-corrected chi connectivity index (χ1v) is 11.0. The van der Waals surface area contributed by atoms with Gasteiger partial charge in [-0.05, 0) is 35.8 Å². The van der Waals surface area contributed by atoms with Crippen LogP contribution in [0.25, 0.3) is 11.3 Å². The zero-order valence-electron chi connectivity index (χ0n) is 18.6. The second kappa shape index (κ2) is 13.1. The minimum atomic E-state index is 0.0300. The fraction of sp³-hybridized carbons (Fsp3) is 0.385. The van der Waals surface area contributed by atoms with Gasteiger partial charge in [0.05, 0.1) is 6.61 Å². The number of nitrogens with zero attached hydrogens (tertiary/aromatic N) is 3. The van der Waals surface area contributed by atoms with Crippen LogP contribution in [-0.4, -0.2) is 31.3 Å². The molecule has 0 fully saturated rings. The van der Waals surface area contributed by atoms with Gasteiger partial charge in [-0.3, -0.25) is 0 Å². The summed E-state index contributed by atoms with van der Waals surface area (Å²) in [6.45, 7) is 7.03. The summed E-state index contributed by atoms with van der Waals surface area (Å²) in [5.41, 5.74) is 3.27. The number of rotatable bonds is 11. The van der Waals surface area contributed by atoms with Gasteiger partial charge in [0.2, 0.25) is 0 Å². The van der Waals surface area contributed by atoms with E-state index >= 15 is 0 Å². The molecule has 0 bridgehead atoms. The lowest BCUT2D eigenvalue weighted by atomic mass is 10.1. The van der Waals surface area contributed by atoms with Crippen molar-refractivity contribution >= 4 is 17.0 Å². The van der Waals surface area contributed by atoms with E-state index < -0.39 is 0 Å². The molecule has 5 heteroatoms. The molecule has 0 spiro atoms. The summed E-state index contributed by atoms with van der Waals surface area (Å²) in [6.07, 6.45) is 4.71. The molecule has 0 aliphatic rings. The topological polar surface area (TPSA) is 83.1 Å². The number of hydrogen-bond acceptors (Lipinski definition) is 5. The van der Waals surface area contributed by atoms with Crippen LogP contribution in [0.2, 0.25) is 0 Å². The molecule has 2 rings (SSSR count). The molecule has 31 heavy (non-hydrogen) atoms. The van der Waals surface area contributed by atoms with Gasteiger partial charge in [0.25, 0.3) is 0 Å². The molecule has 0 heterocycles. The van der Waals surface area contributed by atoms with Crippen molar-refractivity contribution in [1.29, 1.82) is 10.5 Å². The molecule has 0 unspecified atom stereocenters. The number of aliphatic hydroxyl groups excluding tert-OH is 1. The zero-order valence-corrected chi connectivity index (χ0v) is 18.6. The maximum absolute atomic E-state index is 9.31. The predicted molar refractivity (Wildman–Crippen MR) is 126 cm³/mol. The number of benzene rings is 2. The van der Waals surface area contributed by atoms with E-state index in [4.69, 9.17) is 10.5 Å². The van der Waals surface area contributed by atoms with Crippen LogP contribution in [0.15, 0.2) is 48.5 Å². The lowest BCUT2D eigenvalue weighted by Gasteiger charge is -2.25. The number of nitrogens with one attached hydrogen (secondary N) is 1. The van der Waals surface area contributed by atoms with E-state index in [0.717, 1.165) is 29.6 Å². The molecular weight excluding hydrogens is 384 g/mol. The summed E-state index contributed by atoms with van der Waals surface area (Å²) in [4.78, 5) is 2.45. The summed E-state index contributed by atoms with van der Waals surface area (Å²) >= 11 is 0. The van der Waals surface area contributed by atoms with Gasteiger partial charge in [0.1, 0.15) is 17.7 Å². The van der Waals surface area contributed by atoms with Gasteiger partial charge < -0.3 is 15.3 Å². The fourth-order valence-corrected chi connectivity index (χ4v) is 3.42. The van der Waals surface area contributed by atoms with Gasteiger partial charge in [0, 0.05) is 36.2 Å². The van der Waals surface area contributed by atoms with Gasteiger partial charge in [-0.25, -0.2) is 0 Å². The largest absolute Gasteiger partial charge is 0.395 e. The van der Waals surface area contributed by atoms with Crippen LogP contribution in [0.3, 0.4) is 0 Å². The highest BCUT2D eigenvalue weighted by atomic mass is 16.3. The van der Waals surface area contributed by atoms with Crippen LogP contribution in [-0.2, 0) is 0 Å². The van der Waals surface area contributed by atoms with Crippen molar-refractivity contribution < 1.29 is 5.11 Å². The third kappa shape index (κ3) is 6.88. The molecule has 162 valence electrons. The van der Waals surface area contributed by atoms with Crippen LogP contribution in [0.5, 0.6) is 0 Å². The molecule has 0 aliphatic carbocycles. The molecule has 2 aromatic carbocycles. The molecule has 0 amide bonds. The van der Waals surface area contributed by atoms with Gasteiger partial charge in [-0.2, -0.15) is 10.5 Å². The molecule has 2 aromatic rings. The van der Waals surface area contributed by atoms with Gasteiger partial charge in [0.15, 0.2) is 0 Å². The summed E-state index contributed by atoms with van der Waals surface area (Å²) in [7, 11) is 0. The molecule has 0 aromatic heterocycles. The van der Waals surface area contributed by atoms with Gasteiger partial charge >= 0.3 is 0 Å². The van der Waals surface area contributed by atoms with Crippen LogP contribution in [0.1, 0.15) is 45.1 Å². The van der Waals surface area contributed by atoms with E-state index in [1.54, 1.807) is 12.1 Å². The van der Waals surface area contributed by atoms with E-state index in [-0.39, 0.29) is 12.2 Å². The third-order valence-electron chi connectivity index (χ3n) is 5.18. The highest BCUT2D eigenvalue weighted by molar-refractivity contribution is 5.72. The highest BCUT2D eigenvalue weighted by Crippen LogP contribution is 2.19. The average molecular weight is 417 g/mol. The third-order valence-corrected chi connectivity index (χ3v) is 5.18. The first-order chi connectivity index (χ1) is 15.2. The maximum Gasteiger partial charge on any atom is 0.136 e. The minimum Gasteiger partial charge on any atom is -0.395 e. The maximum atomic E-state index is 9.31. The Morgan fingerprint density at radius 2 is 1.42 bits per heavy atom. The average Bonchev–Trinajstić information content (AvgIpc) is 2.81. The molecule has 0 saturated heterocycles. The summed E-state index contributed by atoms with van der Waals surface area (Å²) in [5, 5.41) is 32.3. The van der Waals surface area contributed by atoms with Crippen LogP contribution in [0.4, 0.5) is 5.69 Å². The van der Waals surface area contributed by atoms with Crippen molar-refractivity contribution in [3.05, 3.63) is 64.5 Å². The van der Waals surface area contributed by atoms with Gasteiger partial charge in [-0.15, -0.1) is 0 Å². The van der Waals surface area contributed by atoms with Crippen molar-refractivity contribution in [1.82, 2.24) is 5.32 Å². The quantitative estimate of drug-likeness (QED) is 0.588. The van der Waals surface area contributed by atoms with Gasteiger partial charge in [-0.1, -0.05) is 63.1 Å². The number of anilines is 1. The van der Waals surface area contributed by atoms with E-state index in [0.29, 0.717) is 11.8 Å². The van der Waals surface area contributed by atoms with E-state index in [9.17, 15) is 5.11 Å². The second-order valence-corrected chi connectivity index (χ2v) is 7.44. The molecule has 2 N–H and O–H groups in total. The summed E-state index contributed by atoms with van der Waals surface area (Å²) in [6, 6.07) is 19.7. The normalized spacial score (nSPS) is 10.1. The molecule has 0 aliphatic heterocycles. The fourth-order valence-electron chi connectivity index (χ4n) is 3.42. The van der Waals surface area contributed by atoms with Crippen LogP contribution >= 0.6 is 0 Å². The van der Waals surface area contributed by atoms with Crippen LogP contribution < -0.4 is 20.7 Å². The zero-order chi connectivity index (χ0) is 22.5.